The normalized spacial score (nSPS) is 20.6. The van der Waals surface area contributed by atoms with Gasteiger partial charge in [-0.15, -0.1) is 0 Å². The lowest BCUT2D eigenvalue weighted by atomic mass is 9.91. The molecule has 0 radical (unpaired) electrons. The number of halogens is 1. The van der Waals surface area contributed by atoms with Crippen molar-refractivity contribution in [2.75, 3.05) is 18.0 Å². The Labute approximate surface area is 209 Å². The van der Waals surface area contributed by atoms with E-state index >= 15 is 0 Å². The molecular weight excluding hydrogens is 461 g/mol. The maximum Gasteiger partial charge on any atom is 0.410 e. The van der Waals surface area contributed by atoms with Crippen molar-refractivity contribution in [1.82, 2.24) is 19.3 Å². The highest BCUT2D eigenvalue weighted by Crippen LogP contribution is 2.32. The predicted octanol–water partition coefficient (Wildman–Crippen LogP) is 4.19. The van der Waals surface area contributed by atoms with E-state index in [1.807, 2.05) is 31.7 Å². The zero-order valence-electron chi connectivity index (χ0n) is 21.1. The van der Waals surface area contributed by atoms with Crippen LogP contribution in [0.2, 0.25) is 0 Å². The van der Waals surface area contributed by atoms with Crippen LogP contribution >= 0.6 is 0 Å². The summed E-state index contributed by atoms with van der Waals surface area (Å²) in [6.45, 7) is 8.95. The molecule has 1 amide bonds. The van der Waals surface area contributed by atoms with Gasteiger partial charge >= 0.3 is 6.09 Å². The molecule has 3 aromatic heterocycles. The molecule has 0 spiro atoms. The Kier molecular flexibility index (Phi) is 6.05. The number of fused-ring (bicyclic) bond motifs is 3. The molecule has 2 atom stereocenters. The van der Waals surface area contributed by atoms with Crippen molar-refractivity contribution in [3.63, 3.8) is 0 Å². The summed E-state index contributed by atoms with van der Waals surface area (Å²) < 4.78 is 21.7. The quantitative estimate of drug-likeness (QED) is 0.434. The molecule has 2 saturated heterocycles. The van der Waals surface area contributed by atoms with Crippen LogP contribution in [0.15, 0.2) is 41.8 Å². The Bertz CT molecular complexity index is 1300. The summed E-state index contributed by atoms with van der Waals surface area (Å²) in [5.41, 5.74) is 8.05. The van der Waals surface area contributed by atoms with Crippen LogP contribution in [-0.2, 0) is 4.74 Å². The number of hydrogen-bond acceptors (Lipinski definition) is 6. The zero-order chi connectivity index (χ0) is 25.6. The molecule has 190 valence electrons. The van der Waals surface area contributed by atoms with E-state index < -0.39 is 11.4 Å². The maximum absolute atomic E-state index is 14.4. The number of aryl methyl sites for hydroxylation is 1. The third kappa shape index (κ3) is 4.84. The van der Waals surface area contributed by atoms with Crippen molar-refractivity contribution in [1.29, 1.82) is 0 Å². The number of carbonyl (C=O) groups excluding carboxylic acids is 1. The first-order valence-corrected chi connectivity index (χ1v) is 12.3. The highest BCUT2D eigenvalue weighted by molar-refractivity contribution is 5.98. The SMILES string of the molecule is Cc1cn2cc(C(N)=Nc3ccc(N4CC5CCCC(C4)N5C(=O)OC(C)(C)C)cn3)cc(F)c2n1. The summed E-state index contributed by atoms with van der Waals surface area (Å²) in [6, 6.07) is 5.31. The number of nitrogens with zero attached hydrogens (tertiary/aromatic N) is 6. The Morgan fingerprint density at radius 3 is 2.56 bits per heavy atom. The Morgan fingerprint density at radius 1 is 1.19 bits per heavy atom. The van der Waals surface area contributed by atoms with Crippen molar-refractivity contribution in [2.45, 2.75) is 64.6 Å². The van der Waals surface area contributed by atoms with Crippen LogP contribution in [0.4, 0.5) is 20.7 Å². The standard InChI is InChI=1S/C26H32FN7O2/c1-16-12-33-13-17(10-21(27)24(33)30-16)23(28)31-22-9-8-18(11-29-22)32-14-19-6-5-7-20(15-32)34(19)25(35)36-26(2,3)4/h8-13,19-20H,5-7,14-15H2,1-4H3,(H2,28,29,31). The van der Waals surface area contributed by atoms with Crippen LogP contribution in [0.3, 0.4) is 0 Å². The molecule has 5 rings (SSSR count). The summed E-state index contributed by atoms with van der Waals surface area (Å²) in [5.74, 6) is 0.146. The number of nitrogens with two attached hydrogens (primary N) is 1. The Balaban J connectivity index is 1.31. The maximum atomic E-state index is 14.4. The third-order valence-electron chi connectivity index (χ3n) is 6.58. The lowest BCUT2D eigenvalue weighted by Gasteiger charge is -2.50. The van der Waals surface area contributed by atoms with Crippen LogP contribution in [-0.4, -0.2) is 62.0 Å². The number of amides is 1. The van der Waals surface area contributed by atoms with Crippen LogP contribution < -0.4 is 10.6 Å². The molecule has 0 saturated carbocycles. The average molecular weight is 494 g/mol. The molecule has 2 aliphatic heterocycles. The average Bonchev–Trinajstić information content (AvgIpc) is 3.18. The minimum absolute atomic E-state index is 0.109. The van der Waals surface area contributed by atoms with E-state index in [2.05, 4.69) is 19.9 Å². The fourth-order valence-corrected chi connectivity index (χ4v) is 5.07. The van der Waals surface area contributed by atoms with Gasteiger partial charge in [0.15, 0.2) is 17.3 Å². The summed E-state index contributed by atoms with van der Waals surface area (Å²) in [6.07, 6.45) is 8.00. The third-order valence-corrected chi connectivity index (χ3v) is 6.58. The number of anilines is 1. The van der Waals surface area contributed by atoms with E-state index in [1.54, 1.807) is 36.0 Å². The second-order valence-electron chi connectivity index (χ2n) is 10.6. The lowest BCUT2D eigenvalue weighted by Crippen LogP contribution is -2.63. The van der Waals surface area contributed by atoms with Gasteiger partial charge in [0.2, 0.25) is 0 Å². The molecule has 2 unspecified atom stereocenters. The fourth-order valence-electron chi connectivity index (χ4n) is 5.07. The van der Waals surface area contributed by atoms with Gasteiger partial charge in [0.05, 0.1) is 29.7 Å². The molecule has 2 aliphatic rings. The van der Waals surface area contributed by atoms with Crippen molar-refractivity contribution in [2.24, 2.45) is 10.7 Å². The largest absolute Gasteiger partial charge is 0.444 e. The highest BCUT2D eigenvalue weighted by atomic mass is 19.1. The second-order valence-corrected chi connectivity index (χ2v) is 10.6. The van der Waals surface area contributed by atoms with Crippen LogP contribution in [0.1, 0.15) is 51.3 Å². The first-order chi connectivity index (χ1) is 17.1. The monoisotopic (exact) mass is 493 g/mol. The molecule has 9 nitrogen and oxygen atoms in total. The second kappa shape index (κ2) is 9.07. The van der Waals surface area contributed by atoms with Crippen molar-refractivity contribution < 1.29 is 13.9 Å². The molecule has 5 heterocycles. The first-order valence-electron chi connectivity index (χ1n) is 12.3. The van der Waals surface area contributed by atoms with Gasteiger partial charge in [0, 0.05) is 31.0 Å². The van der Waals surface area contributed by atoms with Gasteiger partial charge in [-0.25, -0.2) is 24.1 Å². The minimum atomic E-state index is -0.514. The number of aliphatic imine (C=N–C) groups is 1. The minimum Gasteiger partial charge on any atom is -0.444 e. The predicted molar refractivity (Wildman–Crippen MR) is 136 cm³/mol. The van der Waals surface area contributed by atoms with Gasteiger partial charge in [-0.2, -0.15) is 0 Å². The molecular formula is C26H32FN7O2. The van der Waals surface area contributed by atoms with Crippen LogP contribution in [0, 0.1) is 12.7 Å². The molecule has 0 aliphatic carbocycles. The van der Waals surface area contributed by atoms with E-state index in [-0.39, 0.29) is 29.7 Å². The molecule has 2 N–H and O–H groups in total. The van der Waals surface area contributed by atoms with E-state index in [9.17, 15) is 9.18 Å². The summed E-state index contributed by atoms with van der Waals surface area (Å²) in [5, 5.41) is 0. The van der Waals surface area contributed by atoms with Crippen LogP contribution in [0.25, 0.3) is 5.65 Å². The summed E-state index contributed by atoms with van der Waals surface area (Å²) in [7, 11) is 0. The van der Waals surface area contributed by atoms with Gasteiger partial charge in [-0.3, -0.25) is 4.90 Å². The first kappa shape index (κ1) is 24.0. The van der Waals surface area contributed by atoms with Gasteiger partial charge < -0.3 is 19.8 Å². The Morgan fingerprint density at radius 2 is 1.92 bits per heavy atom. The van der Waals surface area contributed by atoms with E-state index in [0.717, 1.165) is 43.7 Å². The number of ether oxygens (including phenoxy) is 1. The highest BCUT2D eigenvalue weighted by Gasteiger charge is 2.42. The smallest absolute Gasteiger partial charge is 0.410 e. The van der Waals surface area contributed by atoms with Crippen molar-refractivity contribution >= 4 is 29.1 Å². The molecule has 0 aromatic carbocycles. The van der Waals surface area contributed by atoms with Crippen molar-refractivity contribution in [3.05, 3.63) is 53.9 Å². The number of amidine groups is 1. The zero-order valence-corrected chi connectivity index (χ0v) is 21.1. The van der Waals surface area contributed by atoms with Gasteiger partial charge in [0.25, 0.3) is 0 Å². The number of rotatable bonds is 3. The Hall–Kier alpha value is -3.69. The van der Waals surface area contributed by atoms with Gasteiger partial charge in [-0.1, -0.05) is 0 Å². The van der Waals surface area contributed by atoms with E-state index in [0.29, 0.717) is 11.4 Å². The number of carbonyl (C=O) groups is 1. The number of imidazole rings is 1. The number of aromatic nitrogens is 3. The number of piperidine rings is 1. The van der Waals surface area contributed by atoms with Crippen LogP contribution in [0.5, 0.6) is 0 Å². The summed E-state index contributed by atoms with van der Waals surface area (Å²) in [4.78, 5) is 30.1. The number of hydrogen-bond donors (Lipinski definition) is 1. The van der Waals surface area contributed by atoms with Crippen molar-refractivity contribution in [3.8, 4) is 0 Å². The topological polar surface area (TPSA) is 101 Å². The molecule has 2 bridgehead atoms. The number of pyridine rings is 2. The van der Waals surface area contributed by atoms with Gasteiger partial charge in [0.1, 0.15) is 11.4 Å². The molecule has 3 aromatic rings. The fraction of sp³-hybridized carbons (Fsp3) is 0.462. The van der Waals surface area contributed by atoms with E-state index in [1.165, 1.54) is 6.07 Å². The van der Waals surface area contributed by atoms with Gasteiger partial charge in [-0.05, 0) is 65.2 Å². The molecule has 36 heavy (non-hydrogen) atoms. The summed E-state index contributed by atoms with van der Waals surface area (Å²) >= 11 is 0. The molecule has 10 heteroatoms. The lowest BCUT2D eigenvalue weighted by molar-refractivity contribution is -0.00969. The molecule has 2 fully saturated rings. The van der Waals surface area contributed by atoms with E-state index in [4.69, 9.17) is 10.5 Å². The number of piperazine rings is 1.